The largest absolute Gasteiger partial charge is 0.479 e. The molecule has 0 spiro atoms. The van der Waals surface area contributed by atoms with Gasteiger partial charge in [-0.05, 0) is 13.8 Å². The van der Waals surface area contributed by atoms with Gasteiger partial charge in [0.2, 0.25) is 5.91 Å². The Kier molecular flexibility index (Phi) is 4.85. The molecule has 7 nitrogen and oxygen atoms in total. The molecule has 0 bridgehead atoms. The summed E-state index contributed by atoms with van der Waals surface area (Å²) in [7, 11) is 1.29. The van der Waals surface area contributed by atoms with Gasteiger partial charge in [0.25, 0.3) is 0 Å². The number of carboxylic acid groups (broad SMARTS) is 1. The van der Waals surface area contributed by atoms with Gasteiger partial charge in [0.15, 0.2) is 6.10 Å². The van der Waals surface area contributed by atoms with Crippen molar-refractivity contribution in [2.24, 2.45) is 0 Å². The molecule has 1 atom stereocenters. The number of H-pyrrole nitrogens is 1. The van der Waals surface area contributed by atoms with Gasteiger partial charge >= 0.3 is 5.97 Å². The van der Waals surface area contributed by atoms with Gasteiger partial charge in [-0.3, -0.25) is 9.89 Å². The van der Waals surface area contributed by atoms with Crippen LogP contribution in [0.3, 0.4) is 0 Å². The lowest BCUT2D eigenvalue weighted by molar-refractivity contribution is -0.148. The van der Waals surface area contributed by atoms with Crippen LogP contribution in [0.5, 0.6) is 0 Å². The lowest BCUT2D eigenvalue weighted by Crippen LogP contribution is -2.38. The SMILES string of the molecule is COC(CNC(=O)Cc1c(C)n[nH]c1C)C(=O)O. The van der Waals surface area contributed by atoms with Gasteiger partial charge in [-0.25, -0.2) is 4.79 Å². The summed E-state index contributed by atoms with van der Waals surface area (Å²) in [4.78, 5) is 22.3. The second-order valence-corrected chi connectivity index (χ2v) is 3.96. The zero-order valence-electron chi connectivity index (χ0n) is 10.6. The number of carbonyl (C=O) groups is 2. The number of aryl methyl sites for hydroxylation is 2. The third-order valence-electron chi connectivity index (χ3n) is 2.66. The zero-order valence-corrected chi connectivity index (χ0v) is 10.6. The first kappa shape index (κ1) is 14.2. The van der Waals surface area contributed by atoms with Crippen molar-refractivity contribution in [2.75, 3.05) is 13.7 Å². The Morgan fingerprint density at radius 2 is 2.17 bits per heavy atom. The first-order valence-electron chi connectivity index (χ1n) is 5.48. The summed E-state index contributed by atoms with van der Waals surface area (Å²) < 4.78 is 4.71. The minimum Gasteiger partial charge on any atom is -0.479 e. The molecule has 0 radical (unpaired) electrons. The molecule has 1 rings (SSSR count). The maximum absolute atomic E-state index is 11.7. The molecule has 3 N–H and O–H groups in total. The minimum absolute atomic E-state index is 0.0549. The number of carbonyl (C=O) groups excluding carboxylic acids is 1. The predicted octanol–water partition coefficient (Wildman–Crippen LogP) is -0.215. The molecule has 1 amide bonds. The third kappa shape index (κ3) is 3.56. The number of carboxylic acids is 1. The zero-order chi connectivity index (χ0) is 13.7. The number of hydrogen-bond donors (Lipinski definition) is 3. The van der Waals surface area contributed by atoms with E-state index in [4.69, 9.17) is 9.84 Å². The number of nitrogens with one attached hydrogen (secondary N) is 2. The number of ether oxygens (including phenoxy) is 1. The van der Waals surface area contributed by atoms with Crippen LogP contribution in [0.1, 0.15) is 17.0 Å². The predicted molar refractivity (Wildman–Crippen MR) is 63.2 cm³/mol. The molecule has 7 heteroatoms. The number of aliphatic carboxylic acids is 1. The summed E-state index contributed by atoms with van der Waals surface area (Å²) in [6.45, 7) is 3.58. The van der Waals surface area contributed by atoms with E-state index in [2.05, 4.69) is 15.5 Å². The molecular weight excluding hydrogens is 238 g/mol. The van der Waals surface area contributed by atoms with E-state index in [0.717, 1.165) is 17.0 Å². The summed E-state index contributed by atoms with van der Waals surface area (Å²) in [5, 5.41) is 18.0. The quantitative estimate of drug-likeness (QED) is 0.652. The highest BCUT2D eigenvalue weighted by atomic mass is 16.5. The van der Waals surface area contributed by atoms with Gasteiger partial charge in [-0.15, -0.1) is 0 Å². The average molecular weight is 255 g/mol. The average Bonchev–Trinajstić information content (AvgIpc) is 2.61. The fraction of sp³-hybridized carbons (Fsp3) is 0.545. The van der Waals surface area contributed by atoms with Gasteiger partial charge in [0.1, 0.15) is 0 Å². The number of aromatic nitrogens is 2. The Bertz CT molecular complexity index is 422. The molecule has 1 aromatic heterocycles. The first-order valence-corrected chi connectivity index (χ1v) is 5.48. The first-order chi connectivity index (χ1) is 8.45. The molecule has 0 aliphatic heterocycles. The fourth-order valence-corrected chi connectivity index (χ4v) is 1.54. The Morgan fingerprint density at radius 3 is 2.61 bits per heavy atom. The summed E-state index contributed by atoms with van der Waals surface area (Å²) >= 11 is 0. The van der Waals surface area contributed by atoms with Gasteiger partial charge in [0, 0.05) is 18.4 Å². The number of amides is 1. The monoisotopic (exact) mass is 255 g/mol. The standard InChI is InChI=1S/C11H17N3O4/c1-6-8(7(2)14-13-6)4-10(15)12-5-9(18-3)11(16)17/h9H,4-5H2,1-3H3,(H,12,15)(H,13,14)(H,16,17). The molecule has 100 valence electrons. The van der Waals surface area contributed by atoms with Crippen LogP contribution in [-0.2, 0) is 20.7 Å². The normalized spacial score (nSPS) is 12.2. The molecule has 0 saturated carbocycles. The third-order valence-corrected chi connectivity index (χ3v) is 2.66. The molecule has 0 fully saturated rings. The smallest absolute Gasteiger partial charge is 0.334 e. The van der Waals surface area contributed by atoms with E-state index >= 15 is 0 Å². The van der Waals surface area contributed by atoms with Gasteiger partial charge in [-0.1, -0.05) is 0 Å². The van der Waals surface area contributed by atoms with Crippen LogP contribution in [0.25, 0.3) is 0 Å². The van der Waals surface area contributed by atoms with Crippen molar-refractivity contribution in [2.45, 2.75) is 26.4 Å². The molecule has 0 saturated heterocycles. The Balaban J connectivity index is 2.50. The number of rotatable bonds is 6. The Morgan fingerprint density at radius 1 is 1.50 bits per heavy atom. The van der Waals surface area contributed by atoms with Crippen LogP contribution in [0.2, 0.25) is 0 Å². The maximum atomic E-state index is 11.7. The molecular formula is C11H17N3O4. The highest BCUT2D eigenvalue weighted by Crippen LogP contribution is 2.09. The fourth-order valence-electron chi connectivity index (χ4n) is 1.54. The molecule has 1 heterocycles. The highest BCUT2D eigenvalue weighted by molar-refractivity contribution is 5.80. The topological polar surface area (TPSA) is 104 Å². The summed E-state index contributed by atoms with van der Waals surface area (Å²) in [6.07, 6.45) is -0.856. The highest BCUT2D eigenvalue weighted by Gasteiger charge is 2.18. The molecule has 0 aromatic carbocycles. The van der Waals surface area contributed by atoms with E-state index in [1.54, 1.807) is 6.92 Å². The van der Waals surface area contributed by atoms with Crippen molar-refractivity contribution in [1.82, 2.24) is 15.5 Å². The molecule has 1 aromatic rings. The van der Waals surface area contributed by atoms with E-state index in [0.29, 0.717) is 0 Å². The van der Waals surface area contributed by atoms with Crippen molar-refractivity contribution in [3.8, 4) is 0 Å². The Hall–Kier alpha value is -1.89. The summed E-state index contributed by atoms with van der Waals surface area (Å²) in [6, 6.07) is 0. The van der Waals surface area contributed by atoms with E-state index in [-0.39, 0.29) is 18.9 Å². The summed E-state index contributed by atoms with van der Waals surface area (Å²) in [5.41, 5.74) is 2.44. The number of aromatic amines is 1. The molecule has 0 aliphatic rings. The van der Waals surface area contributed by atoms with Crippen LogP contribution in [0.4, 0.5) is 0 Å². The number of hydrogen-bond acceptors (Lipinski definition) is 4. The van der Waals surface area contributed by atoms with Crippen molar-refractivity contribution in [1.29, 1.82) is 0 Å². The van der Waals surface area contributed by atoms with Crippen LogP contribution < -0.4 is 5.32 Å². The van der Waals surface area contributed by atoms with E-state index in [1.807, 2.05) is 6.92 Å². The van der Waals surface area contributed by atoms with E-state index in [9.17, 15) is 9.59 Å². The maximum Gasteiger partial charge on any atom is 0.334 e. The van der Waals surface area contributed by atoms with Crippen LogP contribution in [0.15, 0.2) is 0 Å². The van der Waals surface area contributed by atoms with Crippen molar-refractivity contribution in [3.05, 3.63) is 17.0 Å². The van der Waals surface area contributed by atoms with Gasteiger partial charge in [-0.2, -0.15) is 5.10 Å². The summed E-state index contributed by atoms with van der Waals surface area (Å²) in [5.74, 6) is -1.36. The minimum atomic E-state index is -1.10. The van der Waals surface area contributed by atoms with E-state index in [1.165, 1.54) is 7.11 Å². The van der Waals surface area contributed by atoms with Gasteiger partial charge in [0.05, 0.1) is 18.7 Å². The molecule has 0 aliphatic carbocycles. The van der Waals surface area contributed by atoms with Crippen molar-refractivity contribution in [3.63, 3.8) is 0 Å². The second-order valence-electron chi connectivity index (χ2n) is 3.96. The van der Waals surface area contributed by atoms with Crippen LogP contribution in [-0.4, -0.2) is 46.9 Å². The van der Waals surface area contributed by atoms with Crippen LogP contribution >= 0.6 is 0 Å². The number of nitrogens with zero attached hydrogens (tertiary/aromatic N) is 1. The Labute approximate surface area is 105 Å². The van der Waals surface area contributed by atoms with Gasteiger partial charge < -0.3 is 15.2 Å². The molecule has 18 heavy (non-hydrogen) atoms. The van der Waals surface area contributed by atoms with E-state index < -0.39 is 12.1 Å². The second kappa shape index (κ2) is 6.15. The van der Waals surface area contributed by atoms with Crippen molar-refractivity contribution < 1.29 is 19.4 Å². The lowest BCUT2D eigenvalue weighted by Gasteiger charge is -2.11. The lowest BCUT2D eigenvalue weighted by atomic mass is 10.1. The van der Waals surface area contributed by atoms with Crippen LogP contribution in [0, 0.1) is 13.8 Å². The number of methoxy groups -OCH3 is 1. The van der Waals surface area contributed by atoms with Crippen molar-refractivity contribution >= 4 is 11.9 Å². The molecule has 1 unspecified atom stereocenters.